The van der Waals surface area contributed by atoms with Crippen molar-refractivity contribution in [3.05, 3.63) is 0 Å². The predicted octanol–water partition coefficient (Wildman–Crippen LogP) is 6.25. The Morgan fingerprint density at radius 1 is 0.784 bits per heavy atom. The maximum Gasteiger partial charge on any atom is 0.0714 e. The molecule has 218 valence electrons. The summed E-state index contributed by atoms with van der Waals surface area (Å²) in [5.41, 5.74) is 0.648. The summed E-state index contributed by atoms with van der Waals surface area (Å²) in [5.74, 6) is 0.896. The van der Waals surface area contributed by atoms with Gasteiger partial charge in [0.05, 0.1) is 11.5 Å². The van der Waals surface area contributed by atoms with Gasteiger partial charge in [-0.15, -0.1) is 11.7 Å². The minimum Gasteiger partial charge on any atom is -0.380 e. The van der Waals surface area contributed by atoms with Crippen LogP contribution >= 0.6 is 22.5 Å². The summed E-state index contributed by atoms with van der Waals surface area (Å²) >= 11 is 4.56. The van der Waals surface area contributed by atoms with Gasteiger partial charge in [0.1, 0.15) is 0 Å². The Balaban J connectivity index is 1.50. The van der Waals surface area contributed by atoms with Gasteiger partial charge in [0, 0.05) is 74.6 Å². The van der Waals surface area contributed by atoms with Gasteiger partial charge in [-0.2, -0.15) is 0 Å². The summed E-state index contributed by atoms with van der Waals surface area (Å²) in [7, 11) is 1.65. The SMILES string of the molecule is CC(C)(C)N1CCN(C(C)(C)SS)CC1COCCCC(C)(C)N1CCN(C(C)(C)C)C(C2CCC2)C1. The van der Waals surface area contributed by atoms with E-state index in [4.69, 9.17) is 4.74 Å². The standard InChI is InChI=1S/C30H60N4OS2/c1-27(2,3)33-18-17-32(30(9,10)37-36)21-25(33)23-35-20-12-15-29(7,8)31-16-19-34(28(4,5)6)26(22-31)24-13-11-14-24/h24-26,36H,11-23H2,1-10H3. The molecule has 3 rings (SSSR count). The van der Waals surface area contributed by atoms with Crippen molar-refractivity contribution in [3.8, 4) is 0 Å². The molecule has 37 heavy (non-hydrogen) atoms. The second-order valence-electron chi connectivity index (χ2n) is 15.1. The lowest BCUT2D eigenvalue weighted by molar-refractivity contribution is -0.0646. The highest BCUT2D eigenvalue weighted by Gasteiger charge is 2.43. The van der Waals surface area contributed by atoms with E-state index in [1.807, 2.05) is 0 Å². The molecule has 0 radical (unpaired) electrons. The number of piperazine rings is 2. The van der Waals surface area contributed by atoms with Crippen molar-refractivity contribution in [1.29, 1.82) is 0 Å². The van der Waals surface area contributed by atoms with Crippen LogP contribution in [0.25, 0.3) is 0 Å². The van der Waals surface area contributed by atoms with E-state index in [9.17, 15) is 0 Å². The van der Waals surface area contributed by atoms with E-state index in [-0.39, 0.29) is 21.5 Å². The van der Waals surface area contributed by atoms with Crippen molar-refractivity contribution >= 4 is 22.5 Å². The van der Waals surface area contributed by atoms with E-state index < -0.39 is 0 Å². The Morgan fingerprint density at radius 2 is 1.38 bits per heavy atom. The predicted molar refractivity (Wildman–Crippen MR) is 166 cm³/mol. The summed E-state index contributed by atoms with van der Waals surface area (Å²) in [6, 6.07) is 1.14. The molecule has 2 atom stereocenters. The highest BCUT2D eigenvalue weighted by molar-refractivity contribution is 8.69. The van der Waals surface area contributed by atoms with Crippen LogP contribution in [0.1, 0.15) is 101 Å². The Labute approximate surface area is 239 Å². The zero-order chi connectivity index (χ0) is 27.6. The molecule has 3 fully saturated rings. The zero-order valence-corrected chi connectivity index (χ0v) is 27.7. The number of hydrogen-bond acceptors (Lipinski definition) is 7. The number of rotatable bonds is 10. The molecule has 2 aliphatic heterocycles. The third-order valence-electron chi connectivity index (χ3n) is 9.55. The third kappa shape index (κ3) is 8.27. The van der Waals surface area contributed by atoms with Gasteiger partial charge in [0.15, 0.2) is 0 Å². The first-order chi connectivity index (χ1) is 17.1. The Morgan fingerprint density at radius 3 is 1.92 bits per heavy atom. The van der Waals surface area contributed by atoms with E-state index in [0.29, 0.717) is 6.04 Å². The molecule has 2 saturated heterocycles. The van der Waals surface area contributed by atoms with Crippen LogP contribution in [0.3, 0.4) is 0 Å². The molecule has 2 heterocycles. The highest BCUT2D eigenvalue weighted by Crippen LogP contribution is 2.38. The van der Waals surface area contributed by atoms with E-state index in [0.717, 1.165) is 51.2 Å². The Bertz CT molecular complexity index is 713. The lowest BCUT2D eigenvalue weighted by Gasteiger charge is -2.55. The lowest BCUT2D eigenvalue weighted by Crippen LogP contribution is -2.65. The normalized spacial score (nSPS) is 27.0. The molecule has 0 spiro atoms. The molecular formula is C30H60N4OS2. The lowest BCUT2D eigenvalue weighted by atomic mass is 9.76. The molecule has 5 nitrogen and oxygen atoms in total. The van der Waals surface area contributed by atoms with Gasteiger partial charge in [-0.1, -0.05) is 17.2 Å². The average molecular weight is 557 g/mol. The summed E-state index contributed by atoms with van der Waals surface area (Å²) in [5, 5.41) is 0. The first-order valence-corrected chi connectivity index (χ1v) is 16.9. The van der Waals surface area contributed by atoms with Crippen LogP contribution in [-0.4, -0.2) is 106 Å². The molecule has 0 bridgehead atoms. The molecule has 0 aromatic carbocycles. The van der Waals surface area contributed by atoms with E-state index in [1.165, 1.54) is 45.3 Å². The van der Waals surface area contributed by atoms with Crippen LogP contribution in [0.5, 0.6) is 0 Å². The second kappa shape index (κ2) is 12.6. The average Bonchev–Trinajstić information content (AvgIpc) is 2.76. The molecule has 7 heteroatoms. The second-order valence-corrected chi connectivity index (χ2v) is 16.8. The fraction of sp³-hybridized carbons (Fsp3) is 1.00. The minimum atomic E-state index is 0.0453. The van der Waals surface area contributed by atoms with Gasteiger partial charge in [-0.3, -0.25) is 19.6 Å². The maximum atomic E-state index is 6.40. The zero-order valence-electron chi connectivity index (χ0n) is 26.0. The maximum absolute atomic E-state index is 6.40. The molecule has 0 aromatic rings. The van der Waals surface area contributed by atoms with Crippen molar-refractivity contribution in [2.24, 2.45) is 5.92 Å². The van der Waals surface area contributed by atoms with Gasteiger partial charge in [0.2, 0.25) is 0 Å². The summed E-state index contributed by atoms with van der Waals surface area (Å²) in [4.78, 5) is 10.9. The van der Waals surface area contributed by atoms with Crippen molar-refractivity contribution in [3.63, 3.8) is 0 Å². The van der Waals surface area contributed by atoms with Crippen LogP contribution in [0.4, 0.5) is 0 Å². The van der Waals surface area contributed by atoms with Gasteiger partial charge in [-0.05, 0) is 101 Å². The van der Waals surface area contributed by atoms with Crippen molar-refractivity contribution in [2.45, 2.75) is 135 Å². The van der Waals surface area contributed by atoms with Gasteiger partial charge in [-0.25, -0.2) is 0 Å². The molecule has 1 saturated carbocycles. The van der Waals surface area contributed by atoms with Crippen LogP contribution in [-0.2, 0) is 4.74 Å². The van der Waals surface area contributed by atoms with E-state index in [2.05, 4.69) is 100 Å². The first kappa shape index (κ1) is 32.0. The van der Waals surface area contributed by atoms with Crippen LogP contribution in [0.2, 0.25) is 0 Å². The van der Waals surface area contributed by atoms with Gasteiger partial charge in [0.25, 0.3) is 0 Å². The topological polar surface area (TPSA) is 22.2 Å². The van der Waals surface area contributed by atoms with Crippen LogP contribution in [0, 0.1) is 5.92 Å². The fourth-order valence-corrected chi connectivity index (χ4v) is 7.46. The monoisotopic (exact) mass is 556 g/mol. The number of thiol groups is 1. The van der Waals surface area contributed by atoms with Gasteiger partial charge >= 0.3 is 0 Å². The molecule has 0 amide bonds. The van der Waals surface area contributed by atoms with E-state index >= 15 is 0 Å². The summed E-state index contributed by atoms with van der Waals surface area (Å²) < 4.78 is 6.40. The number of ether oxygens (including phenoxy) is 1. The van der Waals surface area contributed by atoms with Crippen LogP contribution < -0.4 is 0 Å². The van der Waals surface area contributed by atoms with Crippen molar-refractivity contribution in [1.82, 2.24) is 19.6 Å². The number of hydrogen-bond donors (Lipinski definition) is 1. The van der Waals surface area contributed by atoms with Crippen molar-refractivity contribution in [2.75, 3.05) is 52.5 Å². The minimum absolute atomic E-state index is 0.0453. The summed E-state index contributed by atoms with van der Waals surface area (Å²) in [6.07, 6.45) is 6.60. The highest BCUT2D eigenvalue weighted by atomic mass is 33.1. The molecule has 1 aliphatic carbocycles. The Kier molecular flexibility index (Phi) is 10.9. The summed E-state index contributed by atoms with van der Waals surface area (Å²) in [6.45, 7) is 32.3. The fourth-order valence-electron chi connectivity index (χ4n) is 6.83. The molecule has 2 unspecified atom stereocenters. The third-order valence-corrected chi connectivity index (χ3v) is 11.6. The molecule has 3 aliphatic rings. The largest absolute Gasteiger partial charge is 0.380 e. The number of nitrogens with zero attached hydrogens (tertiary/aromatic N) is 4. The first-order valence-electron chi connectivity index (χ1n) is 15.0. The van der Waals surface area contributed by atoms with E-state index in [1.54, 1.807) is 10.8 Å². The Hall–Kier alpha value is 0.500. The molecule has 0 aromatic heterocycles. The smallest absolute Gasteiger partial charge is 0.0714 e. The van der Waals surface area contributed by atoms with Crippen LogP contribution in [0.15, 0.2) is 0 Å². The quantitative estimate of drug-likeness (QED) is 0.194. The van der Waals surface area contributed by atoms with Gasteiger partial charge < -0.3 is 4.74 Å². The molecule has 0 N–H and O–H groups in total. The van der Waals surface area contributed by atoms with Crippen molar-refractivity contribution < 1.29 is 4.74 Å². The molecular weight excluding hydrogens is 496 g/mol.